The summed E-state index contributed by atoms with van der Waals surface area (Å²) < 4.78 is 13.2. The van der Waals surface area contributed by atoms with E-state index in [1.54, 1.807) is 12.1 Å². The predicted molar refractivity (Wildman–Crippen MR) is 92.9 cm³/mol. The fourth-order valence-corrected chi connectivity index (χ4v) is 3.06. The molecule has 0 bridgehead atoms. The molecule has 1 saturated carbocycles. The van der Waals surface area contributed by atoms with Crippen molar-refractivity contribution in [2.75, 3.05) is 11.9 Å². The normalized spacial score (nSPS) is 20.7. The summed E-state index contributed by atoms with van der Waals surface area (Å²) in [6, 6.07) is 5.91. The van der Waals surface area contributed by atoms with Crippen molar-refractivity contribution in [1.29, 1.82) is 0 Å². The number of carbonyl (C=O) groups is 2. The third-order valence-corrected chi connectivity index (χ3v) is 4.58. The van der Waals surface area contributed by atoms with Gasteiger partial charge >= 0.3 is 0 Å². The van der Waals surface area contributed by atoms with Crippen LogP contribution in [0.2, 0.25) is 0 Å². The second-order valence-electron chi connectivity index (χ2n) is 7.02. The molecule has 0 radical (unpaired) electrons. The van der Waals surface area contributed by atoms with Crippen LogP contribution in [-0.2, 0) is 9.59 Å². The van der Waals surface area contributed by atoms with Gasteiger partial charge < -0.3 is 10.6 Å². The van der Waals surface area contributed by atoms with E-state index in [4.69, 9.17) is 0 Å². The molecule has 0 aromatic heterocycles. The molecule has 0 saturated heterocycles. The molecule has 0 heterocycles. The van der Waals surface area contributed by atoms with E-state index in [0.29, 0.717) is 24.4 Å². The van der Waals surface area contributed by atoms with Crippen LogP contribution in [0.15, 0.2) is 24.3 Å². The molecule has 2 rings (SSSR count). The molecule has 0 aliphatic heterocycles. The zero-order chi connectivity index (χ0) is 17.5. The number of amides is 2. The van der Waals surface area contributed by atoms with Gasteiger partial charge in [0.15, 0.2) is 0 Å². The first kappa shape index (κ1) is 18.4. The van der Waals surface area contributed by atoms with Gasteiger partial charge in [-0.15, -0.1) is 0 Å². The number of nitrogens with one attached hydrogen (secondary N) is 2. The molecule has 24 heavy (non-hydrogen) atoms. The van der Waals surface area contributed by atoms with Gasteiger partial charge in [0.05, 0.1) is 0 Å². The van der Waals surface area contributed by atoms with E-state index in [9.17, 15) is 14.0 Å². The van der Waals surface area contributed by atoms with Crippen molar-refractivity contribution >= 4 is 17.5 Å². The molecule has 2 N–H and O–H groups in total. The van der Waals surface area contributed by atoms with E-state index < -0.39 is 0 Å². The Morgan fingerprint density at radius 3 is 2.33 bits per heavy atom. The maximum Gasteiger partial charge on any atom is 0.227 e. The van der Waals surface area contributed by atoms with Crippen LogP contribution < -0.4 is 10.6 Å². The van der Waals surface area contributed by atoms with E-state index in [2.05, 4.69) is 24.5 Å². The minimum atomic E-state index is -0.366. The quantitative estimate of drug-likeness (QED) is 0.833. The predicted octanol–water partition coefficient (Wildman–Crippen LogP) is 3.73. The molecule has 5 heteroatoms. The summed E-state index contributed by atoms with van der Waals surface area (Å²) in [5.74, 6) is 0.143. The summed E-state index contributed by atoms with van der Waals surface area (Å²) in [5.41, 5.74) is 0.480. The molecular weight excluding hydrogens is 307 g/mol. The Kier molecular flexibility index (Phi) is 6.76. The topological polar surface area (TPSA) is 58.2 Å². The zero-order valence-electron chi connectivity index (χ0n) is 14.5. The largest absolute Gasteiger partial charge is 0.356 e. The summed E-state index contributed by atoms with van der Waals surface area (Å²) in [7, 11) is 0. The van der Waals surface area contributed by atoms with Crippen molar-refractivity contribution < 1.29 is 14.0 Å². The minimum Gasteiger partial charge on any atom is -0.356 e. The molecule has 0 atom stereocenters. The highest BCUT2D eigenvalue weighted by molar-refractivity contribution is 5.92. The first-order valence-electron chi connectivity index (χ1n) is 8.80. The van der Waals surface area contributed by atoms with Crippen molar-refractivity contribution in [2.24, 2.45) is 17.8 Å². The second kappa shape index (κ2) is 8.81. The van der Waals surface area contributed by atoms with Crippen molar-refractivity contribution in [3.05, 3.63) is 30.1 Å². The van der Waals surface area contributed by atoms with Crippen LogP contribution in [0.1, 0.15) is 46.0 Å². The molecule has 0 unspecified atom stereocenters. The number of rotatable bonds is 6. The van der Waals surface area contributed by atoms with Gasteiger partial charge in [0.1, 0.15) is 5.82 Å². The molecular formula is C19H27FN2O2. The molecule has 1 aromatic carbocycles. The van der Waals surface area contributed by atoms with E-state index in [-0.39, 0.29) is 29.5 Å². The summed E-state index contributed by atoms with van der Waals surface area (Å²) in [5, 5.41) is 5.76. The fourth-order valence-electron chi connectivity index (χ4n) is 3.06. The van der Waals surface area contributed by atoms with Gasteiger partial charge in [-0.25, -0.2) is 4.39 Å². The zero-order valence-corrected chi connectivity index (χ0v) is 14.5. The highest BCUT2D eigenvalue weighted by Gasteiger charge is 2.29. The SMILES string of the molecule is CC(C)CCNC(=O)C1CCC(C(=O)Nc2cccc(F)c2)CC1. The second-order valence-corrected chi connectivity index (χ2v) is 7.02. The molecule has 132 valence electrons. The van der Waals surface area contributed by atoms with Gasteiger partial charge in [-0.3, -0.25) is 9.59 Å². The van der Waals surface area contributed by atoms with Crippen molar-refractivity contribution in [3.63, 3.8) is 0 Å². The number of hydrogen-bond donors (Lipinski definition) is 2. The average Bonchev–Trinajstić information content (AvgIpc) is 2.54. The molecule has 1 fully saturated rings. The van der Waals surface area contributed by atoms with Crippen LogP contribution in [0.25, 0.3) is 0 Å². The lowest BCUT2D eigenvalue weighted by Crippen LogP contribution is -2.36. The fraction of sp³-hybridized carbons (Fsp3) is 0.579. The van der Waals surface area contributed by atoms with Crippen LogP contribution in [0.5, 0.6) is 0 Å². The summed E-state index contributed by atoms with van der Waals surface area (Å²) >= 11 is 0. The Bertz CT molecular complexity index is 566. The lowest BCUT2D eigenvalue weighted by molar-refractivity contribution is -0.128. The van der Waals surface area contributed by atoms with Gasteiger partial charge in [0.2, 0.25) is 11.8 Å². The van der Waals surface area contributed by atoms with Gasteiger partial charge in [0.25, 0.3) is 0 Å². The first-order chi connectivity index (χ1) is 11.5. The van der Waals surface area contributed by atoms with Gasteiger partial charge in [-0.1, -0.05) is 19.9 Å². The highest BCUT2D eigenvalue weighted by Crippen LogP contribution is 2.30. The highest BCUT2D eigenvalue weighted by atomic mass is 19.1. The summed E-state index contributed by atoms with van der Waals surface area (Å²) in [6.45, 7) is 4.99. The van der Waals surface area contributed by atoms with Crippen LogP contribution in [-0.4, -0.2) is 18.4 Å². The number of carbonyl (C=O) groups excluding carboxylic acids is 2. The van der Waals surface area contributed by atoms with Crippen molar-refractivity contribution in [3.8, 4) is 0 Å². The number of anilines is 1. The Balaban J connectivity index is 1.75. The molecule has 0 spiro atoms. The third kappa shape index (κ3) is 5.62. The summed E-state index contributed by atoms with van der Waals surface area (Å²) in [6.07, 6.45) is 3.84. The third-order valence-electron chi connectivity index (χ3n) is 4.58. The van der Waals surface area contributed by atoms with Crippen LogP contribution in [0.4, 0.5) is 10.1 Å². The molecule has 1 aliphatic rings. The maximum atomic E-state index is 13.2. The standard InChI is InChI=1S/C19H27FN2O2/c1-13(2)10-11-21-18(23)14-6-8-15(9-7-14)19(24)22-17-5-3-4-16(20)12-17/h3-5,12-15H,6-11H2,1-2H3,(H,21,23)(H,22,24). The van der Waals surface area contributed by atoms with E-state index >= 15 is 0 Å². The molecule has 1 aliphatic carbocycles. The van der Waals surface area contributed by atoms with Crippen LogP contribution in [0, 0.1) is 23.6 Å². The van der Waals surface area contributed by atoms with E-state index in [1.807, 2.05) is 0 Å². The molecule has 1 aromatic rings. The van der Waals surface area contributed by atoms with E-state index in [1.165, 1.54) is 12.1 Å². The first-order valence-corrected chi connectivity index (χ1v) is 8.80. The Labute approximate surface area is 143 Å². The number of halogens is 1. The average molecular weight is 334 g/mol. The monoisotopic (exact) mass is 334 g/mol. The van der Waals surface area contributed by atoms with E-state index in [0.717, 1.165) is 25.8 Å². The smallest absolute Gasteiger partial charge is 0.227 e. The van der Waals surface area contributed by atoms with Crippen molar-refractivity contribution in [2.45, 2.75) is 46.0 Å². The summed E-state index contributed by atoms with van der Waals surface area (Å²) in [4.78, 5) is 24.4. The maximum absolute atomic E-state index is 13.2. The minimum absolute atomic E-state index is 0.00961. The van der Waals surface area contributed by atoms with Gasteiger partial charge in [0, 0.05) is 24.1 Å². The lowest BCUT2D eigenvalue weighted by Gasteiger charge is -2.27. The molecule has 2 amide bonds. The Hall–Kier alpha value is -1.91. The van der Waals surface area contributed by atoms with Gasteiger partial charge in [-0.05, 0) is 56.2 Å². The van der Waals surface area contributed by atoms with Crippen molar-refractivity contribution in [1.82, 2.24) is 5.32 Å². The number of benzene rings is 1. The Morgan fingerprint density at radius 2 is 1.75 bits per heavy atom. The van der Waals surface area contributed by atoms with Crippen LogP contribution >= 0.6 is 0 Å². The van der Waals surface area contributed by atoms with Gasteiger partial charge in [-0.2, -0.15) is 0 Å². The lowest BCUT2D eigenvalue weighted by atomic mass is 9.81. The Morgan fingerprint density at radius 1 is 1.12 bits per heavy atom. The molecule has 4 nitrogen and oxygen atoms in total. The number of hydrogen-bond acceptors (Lipinski definition) is 2. The van der Waals surface area contributed by atoms with Crippen LogP contribution in [0.3, 0.4) is 0 Å².